The number of carbonyl (C=O) groups excluding carboxylic acids is 1. The molecule has 2 nitrogen and oxygen atoms in total. The maximum atomic E-state index is 12.7. The number of terminal acetylenes is 1. The highest BCUT2D eigenvalue weighted by Gasteiger charge is 2.62. The zero-order valence-electron chi connectivity index (χ0n) is 12.2. The highest BCUT2D eigenvalue weighted by Crippen LogP contribution is 2.69. The summed E-state index contributed by atoms with van der Waals surface area (Å²) in [5, 5.41) is 3.09. The van der Waals surface area contributed by atoms with Crippen LogP contribution in [-0.2, 0) is 4.79 Å². The van der Waals surface area contributed by atoms with Crippen LogP contribution in [0.5, 0.6) is 0 Å². The van der Waals surface area contributed by atoms with Gasteiger partial charge in [0.15, 0.2) is 0 Å². The number of carbonyl (C=O) groups is 1. The lowest BCUT2D eigenvalue weighted by Gasteiger charge is -2.64. The Balaban J connectivity index is 1.80. The molecule has 1 amide bonds. The van der Waals surface area contributed by atoms with Crippen molar-refractivity contribution in [1.82, 2.24) is 5.32 Å². The monoisotopic (exact) mass is 259 g/mol. The summed E-state index contributed by atoms with van der Waals surface area (Å²) in [5.74, 6) is 3.65. The van der Waals surface area contributed by atoms with Crippen molar-refractivity contribution in [2.75, 3.05) is 6.54 Å². The highest BCUT2D eigenvalue weighted by atomic mass is 16.2. The van der Waals surface area contributed by atoms with Gasteiger partial charge in [0.2, 0.25) is 5.91 Å². The second-order valence-corrected chi connectivity index (χ2v) is 8.12. The predicted molar refractivity (Wildman–Crippen MR) is 76.3 cm³/mol. The van der Waals surface area contributed by atoms with Gasteiger partial charge in [-0.15, -0.1) is 12.3 Å². The zero-order valence-corrected chi connectivity index (χ0v) is 12.2. The van der Waals surface area contributed by atoms with Crippen LogP contribution in [0.3, 0.4) is 0 Å². The molecule has 4 rings (SSSR count). The van der Waals surface area contributed by atoms with Gasteiger partial charge in [0.1, 0.15) is 0 Å². The fraction of sp³-hybridized carbons (Fsp3) is 0.824. The highest BCUT2D eigenvalue weighted by molar-refractivity contribution is 5.83. The Morgan fingerprint density at radius 2 is 1.84 bits per heavy atom. The van der Waals surface area contributed by atoms with Crippen molar-refractivity contribution in [2.24, 2.45) is 22.2 Å². The molecule has 4 bridgehead atoms. The zero-order chi connectivity index (χ0) is 13.7. The molecule has 2 unspecified atom stereocenters. The van der Waals surface area contributed by atoms with Crippen molar-refractivity contribution in [3.8, 4) is 12.3 Å². The first kappa shape index (κ1) is 13.0. The second kappa shape index (κ2) is 4.01. The molecule has 19 heavy (non-hydrogen) atoms. The Bertz CT molecular complexity index is 429. The van der Waals surface area contributed by atoms with Crippen LogP contribution in [0, 0.1) is 34.5 Å². The molecule has 2 atom stereocenters. The first-order chi connectivity index (χ1) is 8.89. The van der Waals surface area contributed by atoms with Crippen molar-refractivity contribution >= 4 is 5.91 Å². The minimum atomic E-state index is -0.0858. The van der Waals surface area contributed by atoms with Gasteiger partial charge in [-0.2, -0.15) is 0 Å². The lowest BCUT2D eigenvalue weighted by atomic mass is 9.40. The third-order valence-electron chi connectivity index (χ3n) is 5.66. The smallest absolute Gasteiger partial charge is 0.226 e. The Kier molecular flexibility index (Phi) is 2.75. The molecule has 2 heteroatoms. The van der Waals surface area contributed by atoms with Gasteiger partial charge in [-0.05, 0) is 55.3 Å². The van der Waals surface area contributed by atoms with E-state index in [1.165, 1.54) is 19.3 Å². The molecule has 0 radical (unpaired) electrons. The van der Waals surface area contributed by atoms with Crippen LogP contribution in [0.4, 0.5) is 0 Å². The van der Waals surface area contributed by atoms with E-state index in [4.69, 9.17) is 6.42 Å². The third-order valence-corrected chi connectivity index (χ3v) is 5.66. The summed E-state index contributed by atoms with van der Waals surface area (Å²) >= 11 is 0. The lowest BCUT2D eigenvalue weighted by Crippen LogP contribution is -2.59. The van der Waals surface area contributed by atoms with Gasteiger partial charge in [0.25, 0.3) is 0 Å². The summed E-state index contributed by atoms with van der Waals surface area (Å²) in [6, 6.07) is 0. The maximum Gasteiger partial charge on any atom is 0.226 e. The first-order valence-electron chi connectivity index (χ1n) is 7.61. The molecule has 1 N–H and O–H groups in total. The Hall–Kier alpha value is -0.970. The number of hydrogen-bond donors (Lipinski definition) is 1. The molecule has 104 valence electrons. The van der Waals surface area contributed by atoms with Crippen LogP contribution in [-0.4, -0.2) is 12.5 Å². The van der Waals surface area contributed by atoms with Crippen LogP contribution >= 0.6 is 0 Å². The normalized spacial score (nSPS) is 46.9. The fourth-order valence-electron chi connectivity index (χ4n) is 6.14. The summed E-state index contributed by atoms with van der Waals surface area (Å²) in [6.07, 6.45) is 13.2. The number of amides is 1. The quantitative estimate of drug-likeness (QED) is 0.612. The van der Waals surface area contributed by atoms with Crippen molar-refractivity contribution in [3.05, 3.63) is 0 Å². The molecule has 0 aromatic rings. The topological polar surface area (TPSA) is 29.1 Å². The van der Waals surface area contributed by atoms with E-state index in [9.17, 15) is 4.79 Å². The molecule has 4 aliphatic carbocycles. The van der Waals surface area contributed by atoms with E-state index in [-0.39, 0.29) is 11.3 Å². The average Bonchev–Trinajstić information content (AvgIpc) is 2.24. The van der Waals surface area contributed by atoms with Crippen LogP contribution < -0.4 is 5.32 Å². The molecule has 0 heterocycles. The molecule has 0 saturated heterocycles. The largest absolute Gasteiger partial charge is 0.355 e. The first-order valence-corrected chi connectivity index (χ1v) is 7.61. The van der Waals surface area contributed by atoms with Gasteiger partial charge in [0, 0.05) is 13.0 Å². The van der Waals surface area contributed by atoms with Crippen LogP contribution in [0.1, 0.15) is 58.8 Å². The van der Waals surface area contributed by atoms with Gasteiger partial charge in [-0.25, -0.2) is 0 Å². The Labute approximate surface area is 116 Å². The standard InChI is InChI=1S/C17H25NO/c1-4-5-6-18-14(19)17-9-13-7-15(2,11-17)10-16(3,8-13)12-17/h1,13H,5-12H2,2-3H3,(H,18,19). The van der Waals surface area contributed by atoms with Gasteiger partial charge in [0.05, 0.1) is 5.41 Å². The van der Waals surface area contributed by atoms with E-state index >= 15 is 0 Å². The molecule has 0 aliphatic heterocycles. The minimum absolute atomic E-state index is 0.0858. The fourth-order valence-corrected chi connectivity index (χ4v) is 6.14. The lowest BCUT2D eigenvalue weighted by molar-refractivity contribution is -0.170. The SMILES string of the molecule is C#CCCNC(=O)C12CC3CC(C)(CC(C)(C3)C1)C2. The summed E-state index contributed by atoms with van der Waals surface area (Å²) in [5.41, 5.74) is 0.715. The molecule has 0 spiro atoms. The minimum Gasteiger partial charge on any atom is -0.355 e. The van der Waals surface area contributed by atoms with Crippen molar-refractivity contribution in [2.45, 2.75) is 58.8 Å². The van der Waals surface area contributed by atoms with Gasteiger partial charge < -0.3 is 5.32 Å². The van der Waals surface area contributed by atoms with Gasteiger partial charge in [-0.1, -0.05) is 13.8 Å². The molecular weight excluding hydrogens is 234 g/mol. The van der Waals surface area contributed by atoms with Crippen molar-refractivity contribution < 1.29 is 4.79 Å². The third kappa shape index (κ3) is 2.08. The van der Waals surface area contributed by atoms with E-state index < -0.39 is 0 Å². The van der Waals surface area contributed by atoms with E-state index in [0.717, 1.165) is 25.2 Å². The van der Waals surface area contributed by atoms with Crippen LogP contribution in [0.25, 0.3) is 0 Å². The van der Waals surface area contributed by atoms with Crippen molar-refractivity contribution in [3.63, 3.8) is 0 Å². The Morgan fingerprint density at radius 1 is 1.21 bits per heavy atom. The Morgan fingerprint density at radius 3 is 2.37 bits per heavy atom. The summed E-state index contributed by atoms with van der Waals surface area (Å²) < 4.78 is 0. The number of nitrogens with one attached hydrogen (secondary N) is 1. The van der Waals surface area contributed by atoms with E-state index in [1.54, 1.807) is 0 Å². The van der Waals surface area contributed by atoms with Gasteiger partial charge in [-0.3, -0.25) is 4.79 Å². The summed E-state index contributed by atoms with van der Waals surface area (Å²) in [6.45, 7) is 5.44. The number of hydrogen-bond acceptors (Lipinski definition) is 1. The van der Waals surface area contributed by atoms with Crippen molar-refractivity contribution in [1.29, 1.82) is 0 Å². The number of rotatable bonds is 3. The summed E-state index contributed by atoms with van der Waals surface area (Å²) in [4.78, 5) is 12.7. The second-order valence-electron chi connectivity index (χ2n) is 8.12. The molecule has 4 saturated carbocycles. The molecular formula is C17H25NO. The van der Waals surface area contributed by atoms with Crippen LogP contribution in [0.15, 0.2) is 0 Å². The molecule has 4 fully saturated rings. The van der Waals surface area contributed by atoms with E-state index in [1.807, 2.05) is 0 Å². The summed E-state index contributed by atoms with van der Waals surface area (Å²) in [7, 11) is 0. The maximum absolute atomic E-state index is 12.7. The molecule has 0 aromatic carbocycles. The predicted octanol–water partition coefficient (Wildman–Crippen LogP) is 3.12. The molecule has 0 aromatic heterocycles. The van der Waals surface area contributed by atoms with Crippen LogP contribution in [0.2, 0.25) is 0 Å². The van der Waals surface area contributed by atoms with E-state index in [0.29, 0.717) is 23.8 Å². The molecule has 4 aliphatic rings. The van der Waals surface area contributed by atoms with E-state index in [2.05, 4.69) is 25.1 Å². The average molecular weight is 259 g/mol. The van der Waals surface area contributed by atoms with Gasteiger partial charge >= 0.3 is 0 Å².